The normalized spacial score (nSPS) is 10.4. The lowest BCUT2D eigenvalue weighted by molar-refractivity contribution is 1.04. The summed E-state index contributed by atoms with van der Waals surface area (Å²) in [4.78, 5) is 22.7. The van der Waals surface area contributed by atoms with Gasteiger partial charge in [0.1, 0.15) is 10.2 Å². The number of aromatic nitrogens is 3. The number of halogens is 2. The van der Waals surface area contributed by atoms with Gasteiger partial charge in [-0.1, -0.05) is 0 Å². The molecule has 0 bridgehead atoms. The maximum absolute atomic E-state index is 11.6. The molecule has 0 saturated heterocycles. The largest absolute Gasteiger partial charge is 0.304 e. The molecule has 0 aliphatic rings. The van der Waals surface area contributed by atoms with Crippen LogP contribution in [0.1, 0.15) is 5.69 Å². The van der Waals surface area contributed by atoms with Crippen molar-refractivity contribution in [2.75, 3.05) is 0 Å². The van der Waals surface area contributed by atoms with E-state index in [4.69, 9.17) is 0 Å². The van der Waals surface area contributed by atoms with E-state index < -0.39 is 0 Å². The van der Waals surface area contributed by atoms with Gasteiger partial charge in [-0.25, -0.2) is 4.98 Å². The van der Waals surface area contributed by atoms with Gasteiger partial charge in [0.05, 0.1) is 5.69 Å². The van der Waals surface area contributed by atoms with Crippen molar-refractivity contribution in [1.82, 2.24) is 15.0 Å². The monoisotopic (exact) mass is 343 g/mol. The Morgan fingerprint density at radius 1 is 1.38 bits per heavy atom. The fraction of sp³-hybridized carbons (Fsp3) is 0.100. The molecular weight excluding hydrogens is 338 g/mol. The van der Waals surface area contributed by atoms with Crippen molar-refractivity contribution in [2.24, 2.45) is 0 Å². The van der Waals surface area contributed by atoms with Gasteiger partial charge in [0.15, 0.2) is 5.82 Å². The molecule has 0 aliphatic heterocycles. The maximum atomic E-state index is 11.6. The molecule has 2 aromatic heterocycles. The molecule has 0 aliphatic carbocycles. The third-order valence-corrected chi connectivity index (χ3v) is 3.59. The first-order valence-corrected chi connectivity index (χ1v) is 6.05. The van der Waals surface area contributed by atoms with Gasteiger partial charge in [-0.15, -0.1) is 0 Å². The van der Waals surface area contributed by atoms with Gasteiger partial charge in [-0.2, -0.15) is 0 Å². The van der Waals surface area contributed by atoms with Crippen molar-refractivity contribution >= 4 is 31.9 Å². The molecule has 2 aromatic rings. The van der Waals surface area contributed by atoms with Gasteiger partial charge in [-0.3, -0.25) is 9.78 Å². The van der Waals surface area contributed by atoms with Crippen LogP contribution in [0.2, 0.25) is 0 Å². The molecule has 0 aromatic carbocycles. The first-order chi connectivity index (χ1) is 7.59. The van der Waals surface area contributed by atoms with E-state index in [-0.39, 0.29) is 5.56 Å². The number of nitrogens with zero attached hydrogens (tertiary/aromatic N) is 2. The Labute approximate surface area is 108 Å². The molecule has 82 valence electrons. The second-order valence-electron chi connectivity index (χ2n) is 3.15. The number of nitrogens with one attached hydrogen (secondary N) is 1. The highest BCUT2D eigenvalue weighted by Crippen LogP contribution is 2.22. The number of hydrogen-bond donors (Lipinski definition) is 1. The summed E-state index contributed by atoms with van der Waals surface area (Å²) in [5.41, 5.74) is 1.05. The van der Waals surface area contributed by atoms with E-state index in [0.717, 1.165) is 4.47 Å². The van der Waals surface area contributed by atoms with E-state index in [1.165, 1.54) is 0 Å². The number of rotatable bonds is 1. The van der Waals surface area contributed by atoms with Crippen LogP contribution >= 0.6 is 31.9 Å². The zero-order valence-corrected chi connectivity index (χ0v) is 11.5. The van der Waals surface area contributed by atoms with Gasteiger partial charge in [-0.05, 0) is 50.9 Å². The highest BCUT2D eigenvalue weighted by molar-refractivity contribution is 9.10. The van der Waals surface area contributed by atoms with Crippen LogP contribution in [-0.4, -0.2) is 15.0 Å². The van der Waals surface area contributed by atoms with Crippen LogP contribution < -0.4 is 5.56 Å². The molecule has 4 nitrogen and oxygen atoms in total. The average molecular weight is 345 g/mol. The van der Waals surface area contributed by atoms with E-state index in [1.807, 2.05) is 6.07 Å². The molecule has 2 heterocycles. The maximum Gasteiger partial charge on any atom is 0.265 e. The topological polar surface area (TPSA) is 58.6 Å². The molecule has 0 fully saturated rings. The Kier molecular flexibility index (Phi) is 3.20. The predicted octanol–water partition coefficient (Wildman–Crippen LogP) is 2.67. The van der Waals surface area contributed by atoms with Gasteiger partial charge in [0.25, 0.3) is 5.56 Å². The SMILES string of the molecule is Cc1nc(-c2ncccc2Br)[nH]c(=O)c1Br. The molecule has 0 unspecified atom stereocenters. The molecular formula is C10H7Br2N3O. The minimum absolute atomic E-state index is 0.208. The first-order valence-electron chi connectivity index (χ1n) is 4.47. The summed E-state index contributed by atoms with van der Waals surface area (Å²) in [5, 5.41) is 0. The van der Waals surface area contributed by atoms with Crippen LogP contribution in [0.25, 0.3) is 11.5 Å². The Morgan fingerprint density at radius 3 is 2.75 bits per heavy atom. The standard InChI is InChI=1S/C10H7Br2N3O/c1-5-7(12)10(16)15-9(14-5)8-6(11)3-2-4-13-8/h2-4H,1H3,(H,14,15,16). The zero-order chi connectivity index (χ0) is 11.7. The highest BCUT2D eigenvalue weighted by Gasteiger charge is 2.10. The van der Waals surface area contributed by atoms with Crippen molar-refractivity contribution in [1.29, 1.82) is 0 Å². The number of H-pyrrole nitrogens is 1. The number of aromatic amines is 1. The Morgan fingerprint density at radius 2 is 2.12 bits per heavy atom. The van der Waals surface area contributed by atoms with Crippen molar-refractivity contribution < 1.29 is 0 Å². The molecule has 2 rings (SSSR count). The Balaban J connectivity index is 2.67. The van der Waals surface area contributed by atoms with Gasteiger partial charge < -0.3 is 4.98 Å². The van der Waals surface area contributed by atoms with Crippen LogP contribution in [0, 0.1) is 6.92 Å². The fourth-order valence-electron chi connectivity index (χ4n) is 1.24. The summed E-state index contributed by atoms with van der Waals surface area (Å²) >= 11 is 6.53. The zero-order valence-electron chi connectivity index (χ0n) is 8.29. The van der Waals surface area contributed by atoms with E-state index >= 15 is 0 Å². The minimum atomic E-state index is -0.208. The van der Waals surface area contributed by atoms with Crippen molar-refractivity contribution in [2.45, 2.75) is 6.92 Å². The molecule has 0 radical (unpaired) electrons. The molecule has 6 heteroatoms. The lowest BCUT2D eigenvalue weighted by atomic mass is 10.3. The summed E-state index contributed by atoms with van der Waals surface area (Å²) < 4.78 is 1.24. The lowest BCUT2D eigenvalue weighted by Crippen LogP contribution is -2.12. The number of pyridine rings is 1. The van der Waals surface area contributed by atoms with Crippen molar-refractivity contribution in [3.8, 4) is 11.5 Å². The molecule has 0 spiro atoms. The van der Waals surface area contributed by atoms with Crippen LogP contribution in [0.5, 0.6) is 0 Å². The minimum Gasteiger partial charge on any atom is -0.304 e. The second-order valence-corrected chi connectivity index (χ2v) is 4.80. The summed E-state index contributed by atoms with van der Waals surface area (Å²) in [6, 6.07) is 3.65. The van der Waals surface area contributed by atoms with Gasteiger partial charge >= 0.3 is 0 Å². The molecule has 0 atom stereocenters. The second kappa shape index (κ2) is 4.47. The molecule has 0 amide bonds. The van der Waals surface area contributed by atoms with Crippen molar-refractivity contribution in [3.05, 3.63) is 43.3 Å². The summed E-state index contributed by atoms with van der Waals surface area (Å²) in [6.07, 6.45) is 1.65. The van der Waals surface area contributed by atoms with Gasteiger partial charge in [0, 0.05) is 10.7 Å². The number of hydrogen-bond acceptors (Lipinski definition) is 3. The van der Waals surface area contributed by atoms with E-state index in [2.05, 4.69) is 46.8 Å². The highest BCUT2D eigenvalue weighted by atomic mass is 79.9. The summed E-state index contributed by atoms with van der Waals surface area (Å²) in [6.45, 7) is 1.76. The predicted molar refractivity (Wildman–Crippen MR) is 68.2 cm³/mol. The molecule has 0 saturated carbocycles. The van der Waals surface area contributed by atoms with Crippen LogP contribution in [0.4, 0.5) is 0 Å². The molecule has 1 N–H and O–H groups in total. The smallest absolute Gasteiger partial charge is 0.265 e. The first kappa shape index (κ1) is 11.5. The quantitative estimate of drug-likeness (QED) is 0.865. The van der Waals surface area contributed by atoms with E-state index in [1.54, 1.807) is 19.2 Å². The Bertz CT molecular complexity index is 595. The molecule has 16 heavy (non-hydrogen) atoms. The van der Waals surface area contributed by atoms with Gasteiger partial charge in [0.2, 0.25) is 0 Å². The summed E-state index contributed by atoms with van der Waals surface area (Å²) in [7, 11) is 0. The van der Waals surface area contributed by atoms with Crippen LogP contribution in [0.15, 0.2) is 32.1 Å². The van der Waals surface area contributed by atoms with Crippen LogP contribution in [0.3, 0.4) is 0 Å². The lowest BCUT2D eigenvalue weighted by Gasteiger charge is -2.04. The average Bonchev–Trinajstić information content (AvgIpc) is 2.26. The third-order valence-electron chi connectivity index (χ3n) is 2.01. The van der Waals surface area contributed by atoms with Crippen molar-refractivity contribution in [3.63, 3.8) is 0 Å². The fourth-order valence-corrected chi connectivity index (χ4v) is 1.87. The van der Waals surface area contributed by atoms with E-state index in [0.29, 0.717) is 21.7 Å². The third kappa shape index (κ3) is 2.08. The Hall–Kier alpha value is -1.01. The number of aryl methyl sites for hydroxylation is 1. The van der Waals surface area contributed by atoms with E-state index in [9.17, 15) is 4.79 Å². The van der Waals surface area contributed by atoms with Crippen LogP contribution in [-0.2, 0) is 0 Å². The summed E-state index contributed by atoms with van der Waals surface area (Å²) in [5.74, 6) is 0.457.